The van der Waals surface area contributed by atoms with Gasteiger partial charge in [-0.05, 0) is 87.0 Å². The Balaban J connectivity index is 1.19. The van der Waals surface area contributed by atoms with Crippen molar-refractivity contribution in [1.82, 2.24) is 34.9 Å². The fourth-order valence-electron chi connectivity index (χ4n) is 5.91. The normalized spacial score (nSPS) is 16.7. The smallest absolute Gasteiger partial charge is 0.181 e. The second-order valence-electron chi connectivity index (χ2n) is 11.2. The molecule has 208 valence electrons. The van der Waals surface area contributed by atoms with Gasteiger partial charge in [-0.2, -0.15) is 5.10 Å². The Hall–Kier alpha value is -4.41. The molecule has 1 atom stereocenters. The number of benzene rings is 1. The summed E-state index contributed by atoms with van der Waals surface area (Å²) in [5.41, 5.74) is 8.97. The number of rotatable bonds is 7. The van der Waals surface area contributed by atoms with Crippen molar-refractivity contribution < 1.29 is 4.39 Å². The topological polar surface area (TPSA) is 97.9 Å². The molecule has 0 amide bonds. The first-order valence-electron chi connectivity index (χ1n) is 14.0. The molecule has 2 aliphatic rings. The molecule has 1 fully saturated rings. The predicted molar refractivity (Wildman–Crippen MR) is 159 cm³/mol. The lowest BCUT2D eigenvalue weighted by molar-refractivity contribution is 0.331. The number of hydrogen-bond acceptors (Lipinski definition) is 8. The molecular weight excluding hydrogens is 517 g/mol. The average molecular weight is 550 g/mol. The van der Waals surface area contributed by atoms with Crippen molar-refractivity contribution in [3.05, 3.63) is 84.0 Å². The number of aromatic amines is 1. The minimum absolute atomic E-state index is 0.267. The second-order valence-corrected chi connectivity index (χ2v) is 11.2. The van der Waals surface area contributed by atoms with E-state index in [9.17, 15) is 4.39 Å². The van der Waals surface area contributed by atoms with Crippen LogP contribution in [0.15, 0.2) is 61.3 Å². The van der Waals surface area contributed by atoms with Crippen molar-refractivity contribution in [3.8, 4) is 22.3 Å². The lowest BCUT2D eigenvalue weighted by atomic mass is 10.0. The van der Waals surface area contributed by atoms with E-state index < -0.39 is 0 Å². The third-order valence-electron chi connectivity index (χ3n) is 7.76. The first-order chi connectivity index (χ1) is 20.0. The van der Waals surface area contributed by atoms with Gasteiger partial charge in [0.25, 0.3) is 0 Å². The number of nitrogens with one attached hydrogen (secondary N) is 3. The number of pyridine rings is 3. The summed E-state index contributed by atoms with van der Waals surface area (Å²) in [7, 11) is 3.94. The van der Waals surface area contributed by atoms with E-state index in [1.807, 2.05) is 43.7 Å². The number of nitrogens with zero attached hydrogens (tertiary/aromatic N) is 6. The number of H-pyrrole nitrogens is 1. The Bertz CT molecular complexity index is 1720. The lowest BCUT2D eigenvalue weighted by Crippen LogP contribution is -2.18. The number of fused-ring (bicyclic) bond motifs is 2. The molecule has 1 unspecified atom stereocenters. The largest absolute Gasteiger partial charge is 0.358 e. The monoisotopic (exact) mass is 549 g/mol. The zero-order valence-corrected chi connectivity index (χ0v) is 23.2. The Kier molecular flexibility index (Phi) is 6.56. The van der Waals surface area contributed by atoms with Gasteiger partial charge in [-0.15, -0.1) is 0 Å². The van der Waals surface area contributed by atoms with Crippen LogP contribution < -0.4 is 10.6 Å². The molecule has 0 saturated carbocycles. The fourth-order valence-corrected chi connectivity index (χ4v) is 5.91. The summed E-state index contributed by atoms with van der Waals surface area (Å²) >= 11 is 0. The molecule has 7 rings (SSSR count). The number of likely N-dealkylation sites (tertiary alicyclic amines) is 1. The van der Waals surface area contributed by atoms with Gasteiger partial charge in [-0.25, -0.2) is 9.37 Å². The maximum absolute atomic E-state index is 14.6. The van der Waals surface area contributed by atoms with Gasteiger partial charge < -0.3 is 15.5 Å². The van der Waals surface area contributed by atoms with Crippen molar-refractivity contribution in [3.63, 3.8) is 0 Å². The highest BCUT2D eigenvalue weighted by Gasteiger charge is 2.28. The molecule has 3 N–H and O–H groups in total. The summed E-state index contributed by atoms with van der Waals surface area (Å²) in [6, 6.07) is 9.47. The van der Waals surface area contributed by atoms with E-state index in [2.05, 4.69) is 52.8 Å². The third kappa shape index (κ3) is 5.12. The van der Waals surface area contributed by atoms with Gasteiger partial charge in [0, 0.05) is 60.0 Å². The highest BCUT2D eigenvalue weighted by molar-refractivity contribution is 5.91. The molecule has 1 aromatic carbocycles. The van der Waals surface area contributed by atoms with Gasteiger partial charge in [-0.1, -0.05) is 0 Å². The number of hydrogen-bond donors (Lipinski definition) is 3. The van der Waals surface area contributed by atoms with Crippen LogP contribution in [0.2, 0.25) is 0 Å². The maximum Gasteiger partial charge on any atom is 0.181 e. The summed E-state index contributed by atoms with van der Waals surface area (Å²) in [5.74, 6) is -0.267. The Labute approximate surface area is 237 Å². The fraction of sp³-hybridized carbons (Fsp3) is 0.290. The van der Waals surface area contributed by atoms with Crippen LogP contribution in [0.25, 0.3) is 33.3 Å². The first kappa shape index (κ1) is 25.6. The molecule has 0 radical (unpaired) electrons. The minimum Gasteiger partial charge on any atom is -0.358 e. The van der Waals surface area contributed by atoms with Crippen LogP contribution in [0.5, 0.6) is 0 Å². The van der Waals surface area contributed by atoms with Gasteiger partial charge in [0.05, 0.1) is 23.3 Å². The standard InChI is InChI=1S/C31H32FN9/c1-40(2)17-19-7-21(10-24(32)9-19)26-15-34-16-27-28(26)37-31(36-27)29-25-11-23(14-35-30(25)39-38-29)22-8-20(12-33-13-22)18-41-5-3-4-6-41/h7-16,31,36-37H,3-6,17-18H2,1-2H3,(H,35,38,39). The summed E-state index contributed by atoms with van der Waals surface area (Å²) in [5, 5.41) is 15.7. The summed E-state index contributed by atoms with van der Waals surface area (Å²) < 4.78 is 14.6. The Morgan fingerprint density at radius 1 is 0.878 bits per heavy atom. The van der Waals surface area contributed by atoms with Crippen LogP contribution in [0.1, 0.15) is 35.8 Å². The molecule has 5 aromatic rings. The summed E-state index contributed by atoms with van der Waals surface area (Å²) in [6.07, 6.45) is 11.5. The molecule has 41 heavy (non-hydrogen) atoms. The van der Waals surface area contributed by atoms with Gasteiger partial charge in [0.15, 0.2) is 5.65 Å². The molecular formula is C31H32FN9. The minimum atomic E-state index is -0.288. The molecule has 10 heteroatoms. The van der Waals surface area contributed by atoms with Crippen LogP contribution in [-0.4, -0.2) is 62.1 Å². The molecule has 0 bridgehead atoms. The SMILES string of the molecule is CN(C)Cc1cc(F)cc(-c2cncc3c2NC(c2[nH]nc4ncc(-c5cncc(CN6CCCC6)c5)cc24)N3)c1. The predicted octanol–water partition coefficient (Wildman–Crippen LogP) is 5.41. The molecule has 9 nitrogen and oxygen atoms in total. The van der Waals surface area contributed by atoms with E-state index >= 15 is 0 Å². The summed E-state index contributed by atoms with van der Waals surface area (Å²) in [4.78, 5) is 18.1. The van der Waals surface area contributed by atoms with Gasteiger partial charge in [0.1, 0.15) is 12.0 Å². The highest BCUT2D eigenvalue weighted by atomic mass is 19.1. The van der Waals surface area contributed by atoms with Gasteiger partial charge in [0.2, 0.25) is 0 Å². The van der Waals surface area contributed by atoms with E-state index in [4.69, 9.17) is 0 Å². The van der Waals surface area contributed by atoms with Crippen LogP contribution in [0.4, 0.5) is 15.8 Å². The second kappa shape index (κ2) is 10.5. The molecule has 0 spiro atoms. The molecule has 4 aromatic heterocycles. The van der Waals surface area contributed by atoms with E-state index in [0.29, 0.717) is 12.2 Å². The van der Waals surface area contributed by atoms with E-state index in [-0.39, 0.29) is 12.0 Å². The quantitative estimate of drug-likeness (QED) is 0.248. The zero-order chi connectivity index (χ0) is 27.9. The number of anilines is 2. The van der Waals surface area contributed by atoms with E-state index in [1.165, 1.54) is 18.4 Å². The van der Waals surface area contributed by atoms with Crippen LogP contribution >= 0.6 is 0 Å². The molecule has 6 heterocycles. The van der Waals surface area contributed by atoms with E-state index in [0.717, 1.165) is 69.9 Å². The molecule has 0 aliphatic carbocycles. The van der Waals surface area contributed by atoms with Crippen molar-refractivity contribution in [1.29, 1.82) is 0 Å². The van der Waals surface area contributed by atoms with Crippen LogP contribution in [0, 0.1) is 5.82 Å². The van der Waals surface area contributed by atoms with Crippen molar-refractivity contribution >= 4 is 22.4 Å². The van der Waals surface area contributed by atoms with Crippen molar-refractivity contribution in [2.45, 2.75) is 32.1 Å². The van der Waals surface area contributed by atoms with Crippen LogP contribution in [0.3, 0.4) is 0 Å². The summed E-state index contributed by atoms with van der Waals surface area (Å²) in [6.45, 7) is 3.86. The molecule has 1 saturated heterocycles. The van der Waals surface area contributed by atoms with Crippen LogP contribution in [-0.2, 0) is 13.1 Å². The Morgan fingerprint density at radius 3 is 2.54 bits per heavy atom. The molecule has 2 aliphatic heterocycles. The average Bonchev–Trinajstić information content (AvgIpc) is 3.71. The lowest BCUT2D eigenvalue weighted by Gasteiger charge is -2.15. The maximum atomic E-state index is 14.6. The van der Waals surface area contributed by atoms with Crippen molar-refractivity contribution in [2.24, 2.45) is 0 Å². The zero-order valence-electron chi connectivity index (χ0n) is 23.2. The Morgan fingerprint density at radius 2 is 1.68 bits per heavy atom. The van der Waals surface area contributed by atoms with E-state index in [1.54, 1.807) is 24.5 Å². The van der Waals surface area contributed by atoms with Gasteiger partial charge >= 0.3 is 0 Å². The highest BCUT2D eigenvalue weighted by Crippen LogP contribution is 2.42. The van der Waals surface area contributed by atoms with Crippen molar-refractivity contribution in [2.75, 3.05) is 37.8 Å². The number of halogens is 1. The van der Waals surface area contributed by atoms with Gasteiger partial charge in [-0.3, -0.25) is 20.0 Å². The third-order valence-corrected chi connectivity index (χ3v) is 7.76. The first-order valence-corrected chi connectivity index (χ1v) is 14.0. The number of aromatic nitrogens is 5.